The molecule has 3 nitrogen and oxygen atoms in total. The fraction of sp³-hybridized carbons (Fsp3) is 0.417. The fourth-order valence-corrected chi connectivity index (χ4v) is 1.47. The summed E-state index contributed by atoms with van der Waals surface area (Å²) in [5.74, 6) is -1.26. The van der Waals surface area contributed by atoms with Crippen molar-refractivity contribution in [3.05, 3.63) is 29.6 Å². The second-order valence-electron chi connectivity index (χ2n) is 4.16. The molecule has 0 fully saturated rings. The minimum Gasteiger partial charge on any atom is -0.480 e. The third kappa shape index (κ3) is 2.95. The lowest BCUT2D eigenvalue weighted by Gasteiger charge is -2.20. The number of nitrogens with one attached hydrogen (secondary N) is 1. The lowest BCUT2D eigenvalue weighted by atomic mass is 10.0. The number of aliphatic carboxylic acids is 1. The number of anilines is 1. The molecule has 0 saturated carbocycles. The van der Waals surface area contributed by atoms with E-state index in [1.54, 1.807) is 13.0 Å². The molecule has 0 spiro atoms. The molecular weight excluding hydrogens is 209 g/mol. The van der Waals surface area contributed by atoms with Gasteiger partial charge in [-0.25, -0.2) is 9.18 Å². The Morgan fingerprint density at radius 2 is 2.06 bits per heavy atom. The van der Waals surface area contributed by atoms with Crippen molar-refractivity contribution in [1.82, 2.24) is 0 Å². The summed E-state index contributed by atoms with van der Waals surface area (Å²) in [5, 5.41) is 11.9. The molecule has 0 heterocycles. The molecule has 0 aromatic heterocycles. The zero-order valence-corrected chi connectivity index (χ0v) is 9.62. The van der Waals surface area contributed by atoms with Crippen LogP contribution < -0.4 is 5.32 Å². The first-order valence-corrected chi connectivity index (χ1v) is 5.17. The van der Waals surface area contributed by atoms with Gasteiger partial charge in [-0.15, -0.1) is 0 Å². The first-order chi connectivity index (χ1) is 7.41. The maximum atomic E-state index is 12.9. The molecule has 0 aliphatic carbocycles. The number of aryl methyl sites for hydroxylation is 1. The second-order valence-corrected chi connectivity index (χ2v) is 4.16. The predicted octanol–water partition coefficient (Wildman–Crippen LogP) is 2.66. The Hall–Kier alpha value is -1.58. The average Bonchev–Trinajstić information content (AvgIpc) is 2.15. The third-order valence-electron chi connectivity index (χ3n) is 2.43. The summed E-state index contributed by atoms with van der Waals surface area (Å²) in [6.45, 7) is 5.39. The van der Waals surface area contributed by atoms with Crippen molar-refractivity contribution in [2.24, 2.45) is 5.92 Å². The molecule has 2 N–H and O–H groups in total. The molecule has 16 heavy (non-hydrogen) atoms. The number of rotatable bonds is 4. The molecule has 1 aromatic carbocycles. The van der Waals surface area contributed by atoms with E-state index in [1.165, 1.54) is 12.1 Å². The van der Waals surface area contributed by atoms with Crippen LogP contribution in [0.25, 0.3) is 0 Å². The summed E-state index contributed by atoms with van der Waals surface area (Å²) < 4.78 is 12.9. The number of hydrogen-bond acceptors (Lipinski definition) is 2. The van der Waals surface area contributed by atoms with Crippen LogP contribution in [0.4, 0.5) is 10.1 Å². The zero-order valence-electron chi connectivity index (χ0n) is 9.62. The Kier molecular flexibility index (Phi) is 3.88. The van der Waals surface area contributed by atoms with Crippen LogP contribution in [0.5, 0.6) is 0 Å². The normalized spacial score (nSPS) is 12.6. The van der Waals surface area contributed by atoms with Crippen LogP contribution in [-0.2, 0) is 4.79 Å². The van der Waals surface area contributed by atoms with E-state index in [-0.39, 0.29) is 11.7 Å². The van der Waals surface area contributed by atoms with E-state index < -0.39 is 12.0 Å². The van der Waals surface area contributed by atoms with Crippen molar-refractivity contribution >= 4 is 11.7 Å². The summed E-state index contributed by atoms with van der Waals surface area (Å²) in [6.07, 6.45) is 0. The van der Waals surface area contributed by atoms with Gasteiger partial charge in [0.1, 0.15) is 11.9 Å². The Balaban J connectivity index is 2.90. The summed E-state index contributed by atoms with van der Waals surface area (Å²) in [7, 11) is 0. The van der Waals surface area contributed by atoms with Gasteiger partial charge >= 0.3 is 5.97 Å². The summed E-state index contributed by atoms with van der Waals surface area (Å²) in [4.78, 5) is 11.0. The monoisotopic (exact) mass is 225 g/mol. The molecule has 1 unspecified atom stereocenters. The van der Waals surface area contributed by atoms with Crippen molar-refractivity contribution in [3.8, 4) is 0 Å². The number of carboxylic acid groups (broad SMARTS) is 1. The van der Waals surface area contributed by atoms with Crippen LogP contribution in [0.15, 0.2) is 18.2 Å². The molecule has 0 aliphatic heterocycles. The van der Waals surface area contributed by atoms with Crippen LogP contribution in [0.3, 0.4) is 0 Å². The van der Waals surface area contributed by atoms with Crippen molar-refractivity contribution in [2.75, 3.05) is 5.32 Å². The van der Waals surface area contributed by atoms with Gasteiger partial charge < -0.3 is 10.4 Å². The molecule has 0 amide bonds. The van der Waals surface area contributed by atoms with Gasteiger partial charge in [0.2, 0.25) is 0 Å². The van der Waals surface area contributed by atoms with Gasteiger partial charge in [0.05, 0.1) is 0 Å². The van der Waals surface area contributed by atoms with Gasteiger partial charge in [0.25, 0.3) is 0 Å². The van der Waals surface area contributed by atoms with Crippen molar-refractivity contribution in [3.63, 3.8) is 0 Å². The van der Waals surface area contributed by atoms with E-state index in [0.717, 1.165) is 0 Å². The van der Waals surface area contributed by atoms with Gasteiger partial charge in [-0.3, -0.25) is 0 Å². The summed E-state index contributed by atoms with van der Waals surface area (Å²) >= 11 is 0. The van der Waals surface area contributed by atoms with Crippen LogP contribution in [0, 0.1) is 18.7 Å². The smallest absolute Gasteiger partial charge is 0.326 e. The molecule has 1 rings (SSSR count). The van der Waals surface area contributed by atoms with Crippen LogP contribution >= 0.6 is 0 Å². The number of carboxylic acids is 1. The Labute approximate surface area is 94.3 Å². The van der Waals surface area contributed by atoms with Crippen molar-refractivity contribution in [2.45, 2.75) is 26.8 Å². The Bertz CT molecular complexity index is 391. The Morgan fingerprint density at radius 1 is 1.44 bits per heavy atom. The molecular formula is C12H16FNO2. The van der Waals surface area contributed by atoms with Gasteiger partial charge in [0, 0.05) is 5.69 Å². The minimum atomic E-state index is -0.904. The molecule has 1 aromatic rings. The van der Waals surface area contributed by atoms with Crippen LogP contribution in [0.1, 0.15) is 19.4 Å². The van der Waals surface area contributed by atoms with Gasteiger partial charge in [-0.1, -0.05) is 13.8 Å². The number of carbonyl (C=O) groups is 1. The first-order valence-electron chi connectivity index (χ1n) is 5.17. The molecule has 0 saturated heterocycles. The average molecular weight is 225 g/mol. The number of halogens is 1. The molecule has 0 radical (unpaired) electrons. The minimum absolute atomic E-state index is 0.0399. The van der Waals surface area contributed by atoms with Crippen molar-refractivity contribution in [1.29, 1.82) is 0 Å². The van der Waals surface area contributed by atoms with E-state index in [0.29, 0.717) is 11.3 Å². The highest BCUT2D eigenvalue weighted by Crippen LogP contribution is 2.18. The first kappa shape index (κ1) is 12.5. The molecule has 88 valence electrons. The summed E-state index contributed by atoms with van der Waals surface area (Å²) in [5.41, 5.74) is 1.36. The number of hydrogen-bond donors (Lipinski definition) is 2. The SMILES string of the molecule is Cc1cc(F)ccc1NC(C(=O)O)C(C)C. The van der Waals surface area contributed by atoms with Gasteiger partial charge in [-0.2, -0.15) is 0 Å². The number of benzene rings is 1. The third-order valence-corrected chi connectivity index (χ3v) is 2.43. The van der Waals surface area contributed by atoms with Gasteiger partial charge in [-0.05, 0) is 36.6 Å². The van der Waals surface area contributed by atoms with E-state index in [1.807, 2.05) is 13.8 Å². The highest BCUT2D eigenvalue weighted by atomic mass is 19.1. The lowest BCUT2D eigenvalue weighted by molar-refractivity contribution is -0.138. The van der Waals surface area contributed by atoms with Crippen molar-refractivity contribution < 1.29 is 14.3 Å². The van der Waals surface area contributed by atoms with E-state index in [9.17, 15) is 9.18 Å². The molecule has 1 atom stereocenters. The lowest BCUT2D eigenvalue weighted by Crippen LogP contribution is -2.34. The van der Waals surface area contributed by atoms with Crippen LogP contribution in [-0.4, -0.2) is 17.1 Å². The molecule has 4 heteroatoms. The predicted molar refractivity (Wildman–Crippen MR) is 61.0 cm³/mol. The quantitative estimate of drug-likeness (QED) is 0.828. The highest BCUT2D eigenvalue weighted by molar-refractivity contribution is 5.78. The van der Waals surface area contributed by atoms with E-state index in [4.69, 9.17) is 5.11 Å². The molecule has 0 aliphatic rings. The summed E-state index contributed by atoms with van der Waals surface area (Å²) in [6, 6.07) is 3.59. The maximum absolute atomic E-state index is 12.9. The second kappa shape index (κ2) is 4.96. The fourth-order valence-electron chi connectivity index (χ4n) is 1.47. The topological polar surface area (TPSA) is 49.3 Å². The van der Waals surface area contributed by atoms with E-state index >= 15 is 0 Å². The maximum Gasteiger partial charge on any atom is 0.326 e. The molecule has 0 bridgehead atoms. The standard InChI is InChI=1S/C12H16FNO2/c1-7(2)11(12(15)16)14-10-5-4-9(13)6-8(10)3/h4-7,11,14H,1-3H3,(H,15,16). The zero-order chi connectivity index (χ0) is 12.3. The van der Waals surface area contributed by atoms with Gasteiger partial charge in [0.15, 0.2) is 0 Å². The largest absolute Gasteiger partial charge is 0.480 e. The van der Waals surface area contributed by atoms with E-state index in [2.05, 4.69) is 5.32 Å². The Morgan fingerprint density at radius 3 is 2.50 bits per heavy atom. The van der Waals surface area contributed by atoms with Crippen LogP contribution in [0.2, 0.25) is 0 Å². The highest BCUT2D eigenvalue weighted by Gasteiger charge is 2.21.